The molecule has 0 radical (unpaired) electrons. The molecule has 0 unspecified atom stereocenters. The monoisotopic (exact) mass is 407 g/mol. The van der Waals surface area contributed by atoms with Gasteiger partial charge >= 0.3 is 0 Å². The highest BCUT2D eigenvalue weighted by atomic mass is 15.0. The van der Waals surface area contributed by atoms with E-state index in [2.05, 4.69) is 120 Å². The van der Waals surface area contributed by atoms with Crippen LogP contribution in [0.2, 0.25) is 0 Å². The minimum atomic E-state index is 1.01. The van der Waals surface area contributed by atoms with Gasteiger partial charge in [0, 0.05) is 22.0 Å². The third-order valence-corrected chi connectivity index (χ3v) is 6.81. The van der Waals surface area contributed by atoms with Gasteiger partial charge in [-0.2, -0.15) is 0 Å². The molecule has 0 N–H and O–H groups in total. The lowest BCUT2D eigenvalue weighted by atomic mass is 9.97. The summed E-state index contributed by atoms with van der Waals surface area (Å²) in [7, 11) is 0. The van der Waals surface area contributed by atoms with Crippen molar-refractivity contribution in [1.82, 2.24) is 4.57 Å². The van der Waals surface area contributed by atoms with Crippen LogP contribution in [0, 0.1) is 0 Å². The van der Waals surface area contributed by atoms with E-state index in [1.54, 1.807) is 0 Å². The third-order valence-electron chi connectivity index (χ3n) is 6.81. The number of nitrogens with zero attached hydrogens (tertiary/aromatic N) is 1. The number of rotatable bonds is 2. The van der Waals surface area contributed by atoms with Gasteiger partial charge in [-0.1, -0.05) is 97.1 Å². The third kappa shape index (κ3) is 2.45. The molecular weight excluding hydrogens is 386 g/mol. The molecule has 150 valence electrons. The van der Waals surface area contributed by atoms with Crippen molar-refractivity contribution in [3.8, 4) is 27.9 Å². The zero-order valence-corrected chi connectivity index (χ0v) is 17.6. The topological polar surface area (TPSA) is 4.93 Å². The number of fused-ring (bicyclic) bond motifs is 6. The zero-order valence-electron chi connectivity index (χ0n) is 17.6. The van der Waals surface area contributed by atoms with E-state index < -0.39 is 0 Å². The second-order valence-electron chi connectivity index (χ2n) is 8.60. The van der Waals surface area contributed by atoms with Gasteiger partial charge in [0.2, 0.25) is 0 Å². The standard InChI is InChI=1S/C31H21N/c1-2-10-24(11-3-1)32-30-16-7-6-13-28(30)29-15-8-14-27(31(29)32)22-17-18-26-23(20-22)19-21-9-4-5-12-25(21)26/h1-18,20H,19H2. The fourth-order valence-corrected chi connectivity index (χ4v) is 5.41. The van der Waals surface area contributed by atoms with E-state index in [1.807, 2.05) is 0 Å². The maximum absolute atomic E-state index is 2.42. The summed E-state index contributed by atoms with van der Waals surface area (Å²) in [6, 6.07) is 41.9. The molecule has 5 aromatic carbocycles. The van der Waals surface area contributed by atoms with Crippen molar-refractivity contribution >= 4 is 21.8 Å². The first-order valence-electron chi connectivity index (χ1n) is 11.2. The van der Waals surface area contributed by atoms with Crippen LogP contribution < -0.4 is 0 Å². The number of aromatic nitrogens is 1. The molecule has 0 aliphatic heterocycles. The molecule has 1 heterocycles. The second kappa shape index (κ2) is 6.70. The van der Waals surface area contributed by atoms with Gasteiger partial charge in [0.1, 0.15) is 0 Å². The molecule has 7 rings (SSSR count). The molecule has 1 aliphatic carbocycles. The lowest BCUT2D eigenvalue weighted by Crippen LogP contribution is -1.95. The molecule has 0 saturated heterocycles. The molecule has 0 saturated carbocycles. The highest BCUT2D eigenvalue weighted by Gasteiger charge is 2.20. The number of hydrogen-bond donors (Lipinski definition) is 0. The predicted molar refractivity (Wildman–Crippen MR) is 134 cm³/mol. The summed E-state index contributed by atoms with van der Waals surface area (Å²) >= 11 is 0. The molecule has 0 fully saturated rings. The van der Waals surface area contributed by atoms with Crippen molar-refractivity contribution in [2.24, 2.45) is 0 Å². The van der Waals surface area contributed by atoms with E-state index in [0.29, 0.717) is 0 Å². The summed E-state index contributed by atoms with van der Waals surface area (Å²) in [6.07, 6.45) is 1.01. The SMILES string of the molecule is c1ccc(-n2c3ccccc3c3cccc(-c4ccc5c(c4)Cc4ccccc4-5)c32)cc1. The Balaban J connectivity index is 1.52. The average molecular weight is 408 g/mol. The van der Waals surface area contributed by atoms with Crippen LogP contribution in [0.15, 0.2) is 115 Å². The number of para-hydroxylation sites is 3. The Morgan fingerprint density at radius 1 is 0.500 bits per heavy atom. The van der Waals surface area contributed by atoms with E-state index in [9.17, 15) is 0 Å². The maximum Gasteiger partial charge on any atom is 0.0619 e. The van der Waals surface area contributed by atoms with Crippen LogP contribution in [0.25, 0.3) is 49.7 Å². The minimum absolute atomic E-state index is 1.01. The fourth-order valence-electron chi connectivity index (χ4n) is 5.41. The molecule has 6 aromatic rings. The summed E-state index contributed by atoms with van der Waals surface area (Å²) in [5, 5.41) is 2.59. The lowest BCUT2D eigenvalue weighted by Gasteiger charge is -2.12. The Labute approximate surface area is 187 Å². The summed E-state index contributed by atoms with van der Waals surface area (Å²) in [6.45, 7) is 0. The van der Waals surface area contributed by atoms with Gasteiger partial charge in [-0.15, -0.1) is 0 Å². The number of hydrogen-bond acceptors (Lipinski definition) is 0. The first-order chi connectivity index (χ1) is 15.9. The summed E-state index contributed by atoms with van der Waals surface area (Å²) in [5.74, 6) is 0. The Morgan fingerprint density at radius 2 is 1.22 bits per heavy atom. The van der Waals surface area contributed by atoms with Crippen LogP contribution in [0.1, 0.15) is 11.1 Å². The fraction of sp³-hybridized carbons (Fsp3) is 0.0323. The van der Waals surface area contributed by atoms with E-state index in [0.717, 1.165) is 6.42 Å². The van der Waals surface area contributed by atoms with Crippen molar-refractivity contribution in [3.05, 3.63) is 126 Å². The Kier molecular flexibility index (Phi) is 3.68. The van der Waals surface area contributed by atoms with E-state index in [1.165, 1.54) is 60.9 Å². The summed E-state index contributed by atoms with van der Waals surface area (Å²) < 4.78 is 2.42. The van der Waals surface area contributed by atoms with Gasteiger partial charge in [0.25, 0.3) is 0 Å². The molecule has 0 bridgehead atoms. The molecule has 0 atom stereocenters. The highest BCUT2D eigenvalue weighted by molar-refractivity contribution is 6.13. The first kappa shape index (κ1) is 17.6. The van der Waals surface area contributed by atoms with Crippen molar-refractivity contribution in [3.63, 3.8) is 0 Å². The van der Waals surface area contributed by atoms with Crippen molar-refractivity contribution in [2.75, 3.05) is 0 Å². The molecule has 1 aliphatic rings. The maximum atomic E-state index is 2.42. The van der Waals surface area contributed by atoms with Crippen molar-refractivity contribution in [2.45, 2.75) is 6.42 Å². The molecular formula is C31H21N. The second-order valence-corrected chi connectivity index (χ2v) is 8.60. The minimum Gasteiger partial charge on any atom is -0.309 e. The molecule has 1 heteroatoms. The van der Waals surface area contributed by atoms with Gasteiger partial charge in [-0.25, -0.2) is 0 Å². The van der Waals surface area contributed by atoms with Gasteiger partial charge in [-0.05, 0) is 52.4 Å². The Bertz CT molecular complexity index is 1640. The zero-order chi connectivity index (χ0) is 21.1. The van der Waals surface area contributed by atoms with E-state index >= 15 is 0 Å². The van der Waals surface area contributed by atoms with Gasteiger partial charge in [0.15, 0.2) is 0 Å². The van der Waals surface area contributed by atoms with Gasteiger partial charge in [0.05, 0.1) is 11.0 Å². The first-order valence-corrected chi connectivity index (χ1v) is 11.2. The van der Waals surface area contributed by atoms with Crippen LogP contribution >= 0.6 is 0 Å². The van der Waals surface area contributed by atoms with Crippen LogP contribution in [-0.4, -0.2) is 4.57 Å². The van der Waals surface area contributed by atoms with Crippen LogP contribution in [0.5, 0.6) is 0 Å². The molecule has 0 spiro atoms. The normalized spacial score (nSPS) is 12.2. The van der Waals surface area contributed by atoms with E-state index in [4.69, 9.17) is 0 Å². The Morgan fingerprint density at radius 3 is 2.16 bits per heavy atom. The van der Waals surface area contributed by atoms with E-state index in [-0.39, 0.29) is 0 Å². The van der Waals surface area contributed by atoms with Crippen LogP contribution in [-0.2, 0) is 6.42 Å². The largest absolute Gasteiger partial charge is 0.309 e. The average Bonchev–Trinajstić information content (AvgIpc) is 3.40. The van der Waals surface area contributed by atoms with Crippen LogP contribution in [0.3, 0.4) is 0 Å². The lowest BCUT2D eigenvalue weighted by molar-refractivity contribution is 1.18. The molecule has 1 aromatic heterocycles. The quantitative estimate of drug-likeness (QED) is 0.273. The summed E-state index contributed by atoms with van der Waals surface area (Å²) in [5.41, 5.74) is 11.9. The van der Waals surface area contributed by atoms with Crippen molar-refractivity contribution in [1.29, 1.82) is 0 Å². The smallest absolute Gasteiger partial charge is 0.0619 e. The van der Waals surface area contributed by atoms with Crippen molar-refractivity contribution < 1.29 is 0 Å². The number of benzene rings is 5. The molecule has 32 heavy (non-hydrogen) atoms. The Hall–Kier alpha value is -4.10. The van der Waals surface area contributed by atoms with Gasteiger partial charge < -0.3 is 4.57 Å². The van der Waals surface area contributed by atoms with Crippen LogP contribution in [0.4, 0.5) is 0 Å². The highest BCUT2D eigenvalue weighted by Crippen LogP contribution is 2.41. The van der Waals surface area contributed by atoms with Gasteiger partial charge in [-0.3, -0.25) is 0 Å². The molecule has 1 nitrogen and oxygen atoms in total. The summed E-state index contributed by atoms with van der Waals surface area (Å²) in [4.78, 5) is 0. The molecule has 0 amide bonds. The predicted octanol–water partition coefficient (Wildman–Crippen LogP) is 8.02.